The third kappa shape index (κ3) is 2.11. The van der Waals surface area contributed by atoms with E-state index in [2.05, 4.69) is 6.07 Å². The summed E-state index contributed by atoms with van der Waals surface area (Å²) in [5, 5.41) is 0. The van der Waals surface area contributed by atoms with Crippen LogP contribution in [-0.4, -0.2) is 5.92 Å². The summed E-state index contributed by atoms with van der Waals surface area (Å²) in [6.07, 6.45) is 1.29. The van der Waals surface area contributed by atoms with Crippen molar-refractivity contribution in [2.75, 3.05) is 0 Å². The molecule has 1 aromatic rings. The topological polar surface area (TPSA) is 0 Å². The van der Waals surface area contributed by atoms with Gasteiger partial charge in [0.05, 0.1) is 0 Å². The van der Waals surface area contributed by atoms with Crippen LogP contribution in [-0.2, 0) is 0 Å². The van der Waals surface area contributed by atoms with E-state index in [1.807, 2.05) is 24.3 Å². The molecule has 1 aliphatic carbocycles. The van der Waals surface area contributed by atoms with Crippen LogP contribution in [0.5, 0.6) is 0 Å². The van der Waals surface area contributed by atoms with Crippen molar-refractivity contribution in [2.24, 2.45) is 0 Å². The van der Waals surface area contributed by atoms with Crippen molar-refractivity contribution in [2.45, 2.75) is 37.5 Å². The SMILES string of the molecule is FC1(F)CCC(c2cc[c]cc2)CC1. The van der Waals surface area contributed by atoms with Crippen LogP contribution < -0.4 is 0 Å². The molecule has 1 fully saturated rings. The van der Waals surface area contributed by atoms with E-state index in [0.29, 0.717) is 18.8 Å². The number of alkyl halides is 2. The monoisotopic (exact) mass is 195 g/mol. The molecule has 2 rings (SSSR count). The normalized spacial score (nSPS) is 22.1. The Morgan fingerprint density at radius 1 is 1.14 bits per heavy atom. The molecule has 0 spiro atoms. The fourth-order valence-electron chi connectivity index (χ4n) is 2.05. The Labute approximate surface area is 82.9 Å². The lowest BCUT2D eigenvalue weighted by Crippen LogP contribution is -2.23. The molecule has 0 unspecified atom stereocenters. The zero-order valence-corrected chi connectivity index (χ0v) is 7.97. The first-order chi connectivity index (χ1) is 6.67. The van der Waals surface area contributed by atoms with Crippen molar-refractivity contribution in [1.82, 2.24) is 0 Å². The predicted octanol–water partition coefficient (Wildman–Crippen LogP) is 3.78. The number of hydrogen-bond acceptors (Lipinski definition) is 0. The van der Waals surface area contributed by atoms with E-state index < -0.39 is 5.92 Å². The molecule has 2 heteroatoms. The lowest BCUT2D eigenvalue weighted by atomic mass is 9.82. The van der Waals surface area contributed by atoms with Gasteiger partial charge in [0, 0.05) is 12.8 Å². The number of benzene rings is 1. The molecule has 1 aliphatic rings. The van der Waals surface area contributed by atoms with Gasteiger partial charge in [0.1, 0.15) is 0 Å². The highest BCUT2D eigenvalue weighted by molar-refractivity contribution is 5.19. The van der Waals surface area contributed by atoms with Crippen LogP contribution in [0.25, 0.3) is 0 Å². The third-order valence-corrected chi connectivity index (χ3v) is 2.93. The third-order valence-electron chi connectivity index (χ3n) is 2.93. The number of hydrogen-bond donors (Lipinski definition) is 0. The lowest BCUT2D eigenvalue weighted by Gasteiger charge is -2.28. The van der Waals surface area contributed by atoms with E-state index in [1.54, 1.807) is 0 Å². The lowest BCUT2D eigenvalue weighted by molar-refractivity contribution is -0.0382. The van der Waals surface area contributed by atoms with Crippen LogP contribution in [0, 0.1) is 6.07 Å². The minimum atomic E-state index is -2.42. The molecule has 1 aromatic carbocycles. The van der Waals surface area contributed by atoms with Gasteiger partial charge < -0.3 is 0 Å². The van der Waals surface area contributed by atoms with Gasteiger partial charge in [-0.05, 0) is 30.4 Å². The molecule has 75 valence electrons. The number of halogens is 2. The first-order valence-electron chi connectivity index (χ1n) is 5.01. The molecule has 0 aromatic heterocycles. The maximum atomic E-state index is 12.9. The van der Waals surface area contributed by atoms with Crippen molar-refractivity contribution in [1.29, 1.82) is 0 Å². The summed E-state index contributed by atoms with van der Waals surface area (Å²) >= 11 is 0. The summed E-state index contributed by atoms with van der Waals surface area (Å²) in [5.41, 5.74) is 1.18. The van der Waals surface area contributed by atoms with E-state index in [4.69, 9.17) is 0 Å². The van der Waals surface area contributed by atoms with E-state index in [-0.39, 0.29) is 12.8 Å². The quantitative estimate of drug-likeness (QED) is 0.639. The van der Waals surface area contributed by atoms with Crippen molar-refractivity contribution in [3.05, 3.63) is 35.9 Å². The first-order valence-corrected chi connectivity index (χ1v) is 5.01. The zero-order chi connectivity index (χ0) is 10.0. The van der Waals surface area contributed by atoms with Gasteiger partial charge in [0.2, 0.25) is 5.92 Å². The predicted molar refractivity (Wildman–Crippen MR) is 51.4 cm³/mol. The minimum Gasteiger partial charge on any atom is -0.207 e. The molecule has 0 amide bonds. The Morgan fingerprint density at radius 3 is 2.29 bits per heavy atom. The Hall–Kier alpha value is -0.920. The van der Waals surface area contributed by atoms with Crippen LogP contribution in [0.3, 0.4) is 0 Å². The Kier molecular flexibility index (Phi) is 2.53. The molecule has 0 saturated heterocycles. The molecular formula is C12H13F2. The smallest absolute Gasteiger partial charge is 0.207 e. The molecule has 0 nitrogen and oxygen atoms in total. The van der Waals surface area contributed by atoms with Gasteiger partial charge in [0.25, 0.3) is 0 Å². The largest absolute Gasteiger partial charge is 0.248 e. The minimum absolute atomic E-state index is 0.0380. The average molecular weight is 195 g/mol. The summed E-state index contributed by atoms with van der Waals surface area (Å²) in [6, 6.07) is 10.6. The summed E-state index contributed by atoms with van der Waals surface area (Å²) in [7, 11) is 0. The van der Waals surface area contributed by atoms with E-state index in [0.717, 1.165) is 0 Å². The zero-order valence-electron chi connectivity index (χ0n) is 7.97. The summed E-state index contributed by atoms with van der Waals surface area (Å²) in [6.45, 7) is 0. The van der Waals surface area contributed by atoms with E-state index in [9.17, 15) is 8.78 Å². The summed E-state index contributed by atoms with van der Waals surface area (Å²) in [5.74, 6) is -2.10. The summed E-state index contributed by atoms with van der Waals surface area (Å²) < 4.78 is 25.8. The Balaban J connectivity index is 2.03. The molecule has 1 saturated carbocycles. The number of rotatable bonds is 1. The summed E-state index contributed by atoms with van der Waals surface area (Å²) in [4.78, 5) is 0. The van der Waals surface area contributed by atoms with Crippen molar-refractivity contribution in [3.8, 4) is 0 Å². The second-order valence-corrected chi connectivity index (χ2v) is 3.96. The maximum absolute atomic E-state index is 12.9. The molecule has 0 atom stereocenters. The van der Waals surface area contributed by atoms with Crippen molar-refractivity contribution >= 4 is 0 Å². The van der Waals surface area contributed by atoms with Gasteiger partial charge in [-0.1, -0.05) is 24.3 Å². The van der Waals surface area contributed by atoms with Gasteiger partial charge in [-0.3, -0.25) is 0 Å². The molecule has 0 N–H and O–H groups in total. The molecule has 0 bridgehead atoms. The molecule has 14 heavy (non-hydrogen) atoms. The molecule has 1 radical (unpaired) electrons. The van der Waals surface area contributed by atoms with Crippen LogP contribution in [0.4, 0.5) is 8.78 Å². The first kappa shape index (κ1) is 9.63. The van der Waals surface area contributed by atoms with Gasteiger partial charge in [-0.25, -0.2) is 8.78 Å². The van der Waals surface area contributed by atoms with Gasteiger partial charge in [0.15, 0.2) is 0 Å². The maximum Gasteiger partial charge on any atom is 0.248 e. The fraction of sp³-hybridized carbons (Fsp3) is 0.500. The van der Waals surface area contributed by atoms with Crippen LogP contribution in [0.2, 0.25) is 0 Å². The van der Waals surface area contributed by atoms with Gasteiger partial charge in [-0.15, -0.1) is 0 Å². The second kappa shape index (κ2) is 3.68. The van der Waals surface area contributed by atoms with Crippen molar-refractivity contribution < 1.29 is 8.78 Å². The van der Waals surface area contributed by atoms with E-state index in [1.165, 1.54) is 5.56 Å². The van der Waals surface area contributed by atoms with Crippen LogP contribution in [0.1, 0.15) is 37.2 Å². The standard InChI is InChI=1S/C12H13F2/c13-12(14)8-6-11(7-9-12)10-4-2-1-3-5-10/h2-5,11H,6-9H2. The Morgan fingerprint density at radius 2 is 1.71 bits per heavy atom. The molecule has 0 heterocycles. The highest BCUT2D eigenvalue weighted by Gasteiger charge is 2.35. The van der Waals surface area contributed by atoms with E-state index >= 15 is 0 Å². The Bertz CT molecular complexity index is 282. The average Bonchev–Trinajstić information content (AvgIpc) is 2.19. The highest BCUT2D eigenvalue weighted by Crippen LogP contribution is 2.40. The second-order valence-electron chi connectivity index (χ2n) is 3.96. The van der Waals surface area contributed by atoms with Crippen LogP contribution in [0.15, 0.2) is 24.3 Å². The van der Waals surface area contributed by atoms with Crippen LogP contribution >= 0.6 is 0 Å². The fourth-order valence-corrected chi connectivity index (χ4v) is 2.05. The molecule has 0 aliphatic heterocycles. The van der Waals surface area contributed by atoms with Gasteiger partial charge in [-0.2, -0.15) is 0 Å². The van der Waals surface area contributed by atoms with Crippen molar-refractivity contribution in [3.63, 3.8) is 0 Å². The molecular weight excluding hydrogens is 182 g/mol. The highest BCUT2D eigenvalue weighted by atomic mass is 19.3. The van der Waals surface area contributed by atoms with Gasteiger partial charge >= 0.3 is 0 Å².